The number of nitrogens with two attached hydrogens (primary N) is 1. The van der Waals surface area contributed by atoms with Crippen LogP contribution in [0.15, 0.2) is 4.52 Å². The molecule has 3 unspecified atom stereocenters. The molecule has 3 atom stereocenters. The van der Waals surface area contributed by atoms with Crippen molar-refractivity contribution in [1.82, 2.24) is 10.1 Å². The summed E-state index contributed by atoms with van der Waals surface area (Å²) in [5, 5.41) is 3.86. The zero-order valence-corrected chi connectivity index (χ0v) is 10.6. The monoisotopic (exact) mass is 275 g/mol. The number of thioether (sulfide) groups is 1. The van der Waals surface area contributed by atoms with Gasteiger partial charge in [-0.3, -0.25) is 0 Å². The summed E-state index contributed by atoms with van der Waals surface area (Å²) >= 11 is 1.75. The van der Waals surface area contributed by atoms with Crippen LogP contribution in [0.2, 0.25) is 0 Å². The first-order valence-electron chi connectivity index (χ1n) is 6.10. The van der Waals surface area contributed by atoms with Gasteiger partial charge >= 0.3 is 0 Å². The largest absolute Gasteiger partial charge is 0.339 e. The van der Waals surface area contributed by atoms with Crippen LogP contribution in [0, 0.1) is 0 Å². The van der Waals surface area contributed by atoms with Crippen LogP contribution in [0.4, 0.5) is 8.78 Å². The zero-order valence-electron chi connectivity index (χ0n) is 9.81. The van der Waals surface area contributed by atoms with E-state index in [-0.39, 0.29) is 30.7 Å². The van der Waals surface area contributed by atoms with Crippen molar-refractivity contribution in [2.75, 3.05) is 11.5 Å². The van der Waals surface area contributed by atoms with E-state index in [1.54, 1.807) is 11.8 Å². The molecule has 2 N–H and O–H groups in total. The molecule has 2 heterocycles. The Morgan fingerprint density at radius 1 is 1.39 bits per heavy atom. The molecule has 1 aliphatic carbocycles. The molecule has 2 fully saturated rings. The molecule has 100 valence electrons. The van der Waals surface area contributed by atoms with Crippen molar-refractivity contribution in [2.24, 2.45) is 5.73 Å². The third-order valence-corrected chi connectivity index (χ3v) is 4.88. The van der Waals surface area contributed by atoms with Gasteiger partial charge in [-0.2, -0.15) is 16.7 Å². The summed E-state index contributed by atoms with van der Waals surface area (Å²) < 4.78 is 31.5. The number of aromatic nitrogens is 2. The Morgan fingerprint density at radius 2 is 2.22 bits per heavy atom. The van der Waals surface area contributed by atoms with E-state index in [0.717, 1.165) is 11.5 Å². The third kappa shape index (κ3) is 2.25. The van der Waals surface area contributed by atoms with Gasteiger partial charge in [-0.1, -0.05) is 5.16 Å². The van der Waals surface area contributed by atoms with E-state index < -0.39 is 5.92 Å². The minimum absolute atomic E-state index is 0.0216. The van der Waals surface area contributed by atoms with E-state index in [0.29, 0.717) is 18.1 Å². The first-order valence-corrected chi connectivity index (χ1v) is 7.25. The Morgan fingerprint density at radius 3 is 2.83 bits per heavy atom. The second kappa shape index (κ2) is 4.45. The zero-order chi connectivity index (χ0) is 12.8. The van der Waals surface area contributed by atoms with Gasteiger partial charge in [0.15, 0.2) is 5.82 Å². The van der Waals surface area contributed by atoms with E-state index in [2.05, 4.69) is 10.1 Å². The Kier molecular flexibility index (Phi) is 3.05. The van der Waals surface area contributed by atoms with E-state index in [1.165, 1.54) is 0 Å². The number of alkyl halides is 2. The highest BCUT2D eigenvalue weighted by Crippen LogP contribution is 2.43. The highest BCUT2D eigenvalue weighted by molar-refractivity contribution is 7.99. The maximum Gasteiger partial charge on any atom is 0.248 e. The predicted molar refractivity (Wildman–Crippen MR) is 63.9 cm³/mol. The molecule has 2 aliphatic rings. The molecule has 3 rings (SSSR count). The molecule has 0 radical (unpaired) electrons. The number of hydrogen-bond acceptors (Lipinski definition) is 5. The van der Waals surface area contributed by atoms with Gasteiger partial charge in [0, 0.05) is 36.3 Å². The molecule has 0 aromatic carbocycles. The fraction of sp³-hybridized carbons (Fsp3) is 0.818. The second-order valence-electron chi connectivity index (χ2n) is 5.09. The number of halogens is 2. The van der Waals surface area contributed by atoms with Gasteiger partial charge in [0.05, 0.1) is 5.92 Å². The highest BCUT2D eigenvalue weighted by atomic mass is 32.2. The van der Waals surface area contributed by atoms with Crippen molar-refractivity contribution < 1.29 is 13.3 Å². The van der Waals surface area contributed by atoms with Crippen molar-refractivity contribution >= 4 is 11.8 Å². The molecule has 1 aromatic heterocycles. The predicted octanol–water partition coefficient (Wildman–Crippen LogP) is 2.13. The Balaban J connectivity index is 1.74. The first kappa shape index (κ1) is 12.3. The normalized spacial score (nSPS) is 35.2. The van der Waals surface area contributed by atoms with Gasteiger partial charge in [-0.05, 0) is 6.42 Å². The second-order valence-corrected chi connectivity index (χ2v) is 6.17. The maximum atomic E-state index is 13.1. The van der Waals surface area contributed by atoms with Crippen LogP contribution in [0.25, 0.3) is 0 Å². The Labute approximate surface area is 108 Å². The third-order valence-electron chi connectivity index (χ3n) is 3.67. The minimum atomic E-state index is -2.58. The summed E-state index contributed by atoms with van der Waals surface area (Å²) in [6, 6.07) is 0.0216. The van der Waals surface area contributed by atoms with Crippen LogP contribution >= 0.6 is 11.8 Å². The highest BCUT2D eigenvalue weighted by Gasteiger charge is 2.42. The Hall–Kier alpha value is -0.690. The maximum absolute atomic E-state index is 13.1. The fourth-order valence-electron chi connectivity index (χ4n) is 2.56. The minimum Gasteiger partial charge on any atom is -0.339 e. The molecule has 1 saturated heterocycles. The lowest BCUT2D eigenvalue weighted by Gasteiger charge is -2.08. The van der Waals surface area contributed by atoms with Crippen LogP contribution in [0.1, 0.15) is 42.8 Å². The smallest absolute Gasteiger partial charge is 0.248 e. The van der Waals surface area contributed by atoms with Gasteiger partial charge in [-0.15, -0.1) is 0 Å². The lowest BCUT2D eigenvalue weighted by atomic mass is 10.0. The molecule has 18 heavy (non-hydrogen) atoms. The lowest BCUT2D eigenvalue weighted by Crippen LogP contribution is -2.26. The van der Waals surface area contributed by atoms with Crippen LogP contribution in [0.5, 0.6) is 0 Å². The summed E-state index contributed by atoms with van der Waals surface area (Å²) in [5.74, 6) is -0.108. The number of hydrogen-bond donors (Lipinski definition) is 1. The fourth-order valence-corrected chi connectivity index (χ4v) is 3.84. The topological polar surface area (TPSA) is 64.9 Å². The summed E-state index contributed by atoms with van der Waals surface area (Å²) in [6.07, 6.45) is 0.176. The SMILES string of the molecule is NC1CSCC1c1nc(C2CCC(F)(F)C2)no1. The molecular weight excluding hydrogens is 260 g/mol. The number of nitrogens with zero attached hydrogens (tertiary/aromatic N) is 2. The average Bonchev–Trinajstić information content (AvgIpc) is 2.97. The van der Waals surface area contributed by atoms with Gasteiger partial charge < -0.3 is 10.3 Å². The van der Waals surface area contributed by atoms with Crippen molar-refractivity contribution in [3.8, 4) is 0 Å². The van der Waals surface area contributed by atoms with Crippen LogP contribution in [-0.2, 0) is 0 Å². The van der Waals surface area contributed by atoms with Crippen molar-refractivity contribution in [1.29, 1.82) is 0 Å². The average molecular weight is 275 g/mol. The van der Waals surface area contributed by atoms with Crippen LogP contribution in [-0.4, -0.2) is 33.6 Å². The Bertz CT molecular complexity index is 440. The molecular formula is C11H15F2N3OS. The van der Waals surface area contributed by atoms with Crippen LogP contribution in [0.3, 0.4) is 0 Å². The molecule has 7 heteroatoms. The van der Waals surface area contributed by atoms with Gasteiger partial charge in [-0.25, -0.2) is 8.78 Å². The van der Waals surface area contributed by atoms with E-state index in [9.17, 15) is 8.78 Å². The number of rotatable bonds is 2. The van der Waals surface area contributed by atoms with Gasteiger partial charge in [0.25, 0.3) is 0 Å². The molecule has 0 bridgehead atoms. The summed E-state index contributed by atoms with van der Waals surface area (Å²) in [7, 11) is 0. The molecule has 0 spiro atoms. The van der Waals surface area contributed by atoms with Crippen molar-refractivity contribution in [3.63, 3.8) is 0 Å². The van der Waals surface area contributed by atoms with Crippen molar-refractivity contribution in [3.05, 3.63) is 11.7 Å². The van der Waals surface area contributed by atoms with Gasteiger partial charge in [0.1, 0.15) is 0 Å². The molecule has 0 amide bonds. The van der Waals surface area contributed by atoms with Crippen LogP contribution < -0.4 is 5.73 Å². The standard InChI is InChI=1S/C11H15F2N3OS/c12-11(13)2-1-6(3-11)9-15-10(17-16-9)7-4-18-5-8(7)14/h6-8H,1-5,14H2. The quantitative estimate of drug-likeness (QED) is 0.895. The molecule has 1 aromatic rings. The van der Waals surface area contributed by atoms with Crippen molar-refractivity contribution in [2.45, 2.75) is 43.1 Å². The first-order chi connectivity index (χ1) is 8.55. The van der Waals surface area contributed by atoms with E-state index in [1.807, 2.05) is 0 Å². The summed E-state index contributed by atoms with van der Waals surface area (Å²) in [5.41, 5.74) is 5.95. The summed E-state index contributed by atoms with van der Waals surface area (Å²) in [4.78, 5) is 4.29. The molecule has 1 saturated carbocycles. The lowest BCUT2D eigenvalue weighted by molar-refractivity contribution is 0.00750. The van der Waals surface area contributed by atoms with E-state index in [4.69, 9.17) is 10.3 Å². The van der Waals surface area contributed by atoms with E-state index >= 15 is 0 Å². The summed E-state index contributed by atoms with van der Waals surface area (Å²) in [6.45, 7) is 0. The van der Waals surface area contributed by atoms with Gasteiger partial charge in [0.2, 0.25) is 11.8 Å². The molecule has 4 nitrogen and oxygen atoms in total. The molecule has 1 aliphatic heterocycles.